The molecule has 0 saturated heterocycles. The van der Waals surface area contributed by atoms with E-state index in [9.17, 15) is 9.90 Å². The summed E-state index contributed by atoms with van der Waals surface area (Å²) in [7, 11) is 0. The van der Waals surface area contributed by atoms with Gasteiger partial charge in [-0.15, -0.1) is 0 Å². The Balaban J connectivity index is 1.99. The minimum absolute atomic E-state index is 0.0295. The molecular weight excluding hydrogens is 304 g/mol. The van der Waals surface area contributed by atoms with Gasteiger partial charge < -0.3 is 15.5 Å². The van der Waals surface area contributed by atoms with E-state index < -0.39 is 6.10 Å². The molecule has 0 aliphatic carbocycles. The maximum absolute atomic E-state index is 12.3. The summed E-state index contributed by atoms with van der Waals surface area (Å²) in [6.45, 7) is 1.54. The number of hydrogen-bond acceptors (Lipinski definition) is 4. The Bertz CT molecular complexity index is 745. The molecule has 0 bridgehead atoms. The lowest BCUT2D eigenvalue weighted by Gasteiger charge is -2.24. The van der Waals surface area contributed by atoms with Crippen molar-refractivity contribution in [2.75, 3.05) is 23.4 Å². The van der Waals surface area contributed by atoms with Crippen LogP contribution < -0.4 is 10.2 Å². The molecule has 2 aromatic carbocycles. The molecule has 0 radical (unpaired) electrons. The third-order valence-electron chi connectivity index (χ3n) is 4.29. The molecule has 3 N–H and O–H groups in total. The van der Waals surface area contributed by atoms with E-state index in [4.69, 9.17) is 5.11 Å². The van der Waals surface area contributed by atoms with Gasteiger partial charge in [-0.3, -0.25) is 9.69 Å². The van der Waals surface area contributed by atoms with Crippen molar-refractivity contribution in [3.63, 3.8) is 0 Å². The number of fused-ring (bicyclic) bond motifs is 2. The van der Waals surface area contributed by atoms with E-state index in [1.807, 2.05) is 36.4 Å². The van der Waals surface area contributed by atoms with Gasteiger partial charge in [0.15, 0.2) is 0 Å². The van der Waals surface area contributed by atoms with Gasteiger partial charge in [-0.2, -0.15) is 0 Å². The normalized spacial score (nSPS) is 14.4. The highest BCUT2D eigenvalue weighted by molar-refractivity contribution is 6.01. The highest BCUT2D eigenvalue weighted by Crippen LogP contribution is 2.37. The molecule has 3 rings (SSSR count). The standard InChI is InChI=1S/C19H22N2O3/c1-13(23)21-18-5-3-2-4-14(18)6-7-15-8-9-16(10-19(15)21)20-11-17(24)12-22/h2-5,8-10,17,20,22,24H,6-7,11-12H2,1H3. The van der Waals surface area contributed by atoms with Gasteiger partial charge in [-0.25, -0.2) is 0 Å². The Morgan fingerprint density at radius 1 is 1.17 bits per heavy atom. The van der Waals surface area contributed by atoms with Crippen LogP contribution in [-0.2, 0) is 17.6 Å². The number of hydrogen-bond donors (Lipinski definition) is 3. The smallest absolute Gasteiger partial charge is 0.228 e. The second kappa shape index (κ2) is 7.03. The molecule has 24 heavy (non-hydrogen) atoms. The lowest BCUT2D eigenvalue weighted by molar-refractivity contribution is -0.115. The van der Waals surface area contributed by atoms with Gasteiger partial charge in [0, 0.05) is 19.2 Å². The van der Waals surface area contributed by atoms with Gasteiger partial charge >= 0.3 is 0 Å². The fraction of sp³-hybridized carbons (Fsp3) is 0.316. The summed E-state index contributed by atoms with van der Waals surface area (Å²) >= 11 is 0. The molecule has 1 aliphatic heterocycles. The molecule has 5 nitrogen and oxygen atoms in total. The third kappa shape index (κ3) is 3.27. The minimum Gasteiger partial charge on any atom is -0.394 e. The molecule has 2 aromatic rings. The maximum atomic E-state index is 12.3. The summed E-state index contributed by atoms with van der Waals surface area (Å²) < 4.78 is 0. The van der Waals surface area contributed by atoms with E-state index in [-0.39, 0.29) is 19.1 Å². The third-order valence-corrected chi connectivity index (χ3v) is 4.29. The first-order chi connectivity index (χ1) is 11.6. The van der Waals surface area contributed by atoms with Crippen LogP contribution in [0.1, 0.15) is 18.1 Å². The number of rotatable bonds is 4. The summed E-state index contributed by atoms with van der Waals surface area (Å²) in [6, 6.07) is 13.9. The summed E-state index contributed by atoms with van der Waals surface area (Å²) in [6.07, 6.45) is 0.951. The van der Waals surface area contributed by atoms with E-state index in [0.717, 1.165) is 41.0 Å². The molecule has 1 amide bonds. The second-order valence-electron chi connectivity index (χ2n) is 6.04. The van der Waals surface area contributed by atoms with E-state index in [1.165, 1.54) is 0 Å². The van der Waals surface area contributed by atoms with Crippen LogP contribution in [0.15, 0.2) is 42.5 Å². The van der Waals surface area contributed by atoms with Crippen molar-refractivity contribution in [3.8, 4) is 0 Å². The number of nitrogens with zero attached hydrogens (tertiary/aromatic N) is 1. The number of nitrogens with one attached hydrogen (secondary N) is 1. The Hall–Kier alpha value is -2.37. The number of aliphatic hydroxyl groups excluding tert-OH is 2. The van der Waals surface area contributed by atoms with Gasteiger partial charge in [-0.1, -0.05) is 24.3 Å². The average molecular weight is 326 g/mol. The monoisotopic (exact) mass is 326 g/mol. The van der Waals surface area contributed by atoms with Crippen LogP contribution in [0.4, 0.5) is 17.1 Å². The molecule has 0 spiro atoms. The van der Waals surface area contributed by atoms with Crippen LogP contribution in [0.25, 0.3) is 0 Å². The van der Waals surface area contributed by atoms with Crippen LogP contribution in [0.2, 0.25) is 0 Å². The summed E-state index contributed by atoms with van der Waals surface area (Å²) in [5.41, 5.74) is 4.89. The van der Waals surface area contributed by atoms with E-state index in [2.05, 4.69) is 11.4 Å². The predicted octanol–water partition coefficient (Wildman–Crippen LogP) is 2.23. The molecule has 0 saturated carbocycles. The van der Waals surface area contributed by atoms with Crippen molar-refractivity contribution >= 4 is 23.0 Å². The van der Waals surface area contributed by atoms with Crippen LogP contribution in [0.3, 0.4) is 0 Å². The second-order valence-corrected chi connectivity index (χ2v) is 6.04. The van der Waals surface area contributed by atoms with Crippen molar-refractivity contribution in [2.24, 2.45) is 0 Å². The Morgan fingerprint density at radius 2 is 1.88 bits per heavy atom. The number of benzene rings is 2. The van der Waals surface area contributed by atoms with Crippen molar-refractivity contribution in [1.82, 2.24) is 0 Å². The molecule has 5 heteroatoms. The van der Waals surface area contributed by atoms with Crippen LogP contribution in [0, 0.1) is 0 Å². The molecule has 1 atom stereocenters. The topological polar surface area (TPSA) is 72.8 Å². The van der Waals surface area contributed by atoms with Gasteiger partial charge in [0.1, 0.15) is 0 Å². The SMILES string of the molecule is CC(=O)N1c2ccccc2CCc2ccc(NCC(O)CO)cc21. The number of anilines is 3. The molecule has 1 heterocycles. The zero-order valence-corrected chi connectivity index (χ0v) is 13.7. The highest BCUT2D eigenvalue weighted by Gasteiger charge is 2.23. The Kier molecular flexibility index (Phi) is 4.83. The van der Waals surface area contributed by atoms with Gasteiger partial charge in [-0.05, 0) is 42.2 Å². The largest absolute Gasteiger partial charge is 0.394 e. The molecular formula is C19H22N2O3. The average Bonchev–Trinajstić information content (AvgIpc) is 2.75. The lowest BCUT2D eigenvalue weighted by Crippen LogP contribution is -2.25. The minimum atomic E-state index is -0.812. The Morgan fingerprint density at radius 3 is 2.58 bits per heavy atom. The van der Waals surface area contributed by atoms with Gasteiger partial charge in [0.05, 0.1) is 24.1 Å². The number of aliphatic hydroxyl groups is 2. The summed E-state index contributed by atoms with van der Waals surface area (Å²) in [4.78, 5) is 14.1. The van der Waals surface area contributed by atoms with E-state index in [0.29, 0.717) is 0 Å². The Labute approximate surface area is 141 Å². The summed E-state index contributed by atoms with van der Waals surface area (Å²) in [5.74, 6) is -0.0295. The fourth-order valence-electron chi connectivity index (χ4n) is 3.07. The van der Waals surface area contributed by atoms with Crippen LogP contribution >= 0.6 is 0 Å². The fourth-order valence-corrected chi connectivity index (χ4v) is 3.07. The molecule has 1 aliphatic rings. The van der Waals surface area contributed by atoms with Crippen molar-refractivity contribution in [2.45, 2.75) is 25.9 Å². The zero-order valence-electron chi connectivity index (χ0n) is 13.7. The first-order valence-corrected chi connectivity index (χ1v) is 8.14. The number of carbonyl (C=O) groups excluding carboxylic acids is 1. The zero-order chi connectivity index (χ0) is 17.1. The molecule has 0 aromatic heterocycles. The number of amides is 1. The van der Waals surface area contributed by atoms with E-state index >= 15 is 0 Å². The summed E-state index contributed by atoms with van der Waals surface area (Å²) in [5, 5.41) is 21.5. The van der Waals surface area contributed by atoms with Gasteiger partial charge in [0.25, 0.3) is 0 Å². The van der Waals surface area contributed by atoms with Crippen molar-refractivity contribution in [1.29, 1.82) is 0 Å². The van der Waals surface area contributed by atoms with Crippen molar-refractivity contribution < 1.29 is 15.0 Å². The van der Waals surface area contributed by atoms with Crippen LogP contribution in [0.5, 0.6) is 0 Å². The molecule has 1 unspecified atom stereocenters. The number of aryl methyl sites for hydroxylation is 2. The maximum Gasteiger partial charge on any atom is 0.228 e. The van der Waals surface area contributed by atoms with E-state index in [1.54, 1.807) is 11.8 Å². The molecule has 126 valence electrons. The first kappa shape index (κ1) is 16.5. The first-order valence-electron chi connectivity index (χ1n) is 8.14. The predicted molar refractivity (Wildman–Crippen MR) is 94.7 cm³/mol. The number of para-hydroxylation sites is 1. The van der Waals surface area contributed by atoms with Gasteiger partial charge in [0.2, 0.25) is 5.91 Å². The quantitative estimate of drug-likeness (QED) is 0.806. The van der Waals surface area contributed by atoms with Crippen LogP contribution in [-0.4, -0.2) is 35.4 Å². The highest BCUT2D eigenvalue weighted by atomic mass is 16.3. The lowest BCUT2D eigenvalue weighted by atomic mass is 10.0. The number of carbonyl (C=O) groups is 1. The molecule has 0 fully saturated rings. The van der Waals surface area contributed by atoms with Crippen molar-refractivity contribution in [3.05, 3.63) is 53.6 Å².